The van der Waals surface area contributed by atoms with Gasteiger partial charge in [-0.15, -0.1) is 0 Å². The van der Waals surface area contributed by atoms with Gasteiger partial charge in [-0.3, -0.25) is 9.69 Å². The van der Waals surface area contributed by atoms with Gasteiger partial charge in [0.25, 0.3) is 0 Å². The van der Waals surface area contributed by atoms with E-state index in [1.807, 2.05) is 42.3 Å². The van der Waals surface area contributed by atoms with Crippen molar-refractivity contribution in [3.05, 3.63) is 83.4 Å². The lowest BCUT2D eigenvalue weighted by atomic mass is 9.70. The molecule has 6 rings (SSSR count). The van der Waals surface area contributed by atoms with Gasteiger partial charge in [-0.2, -0.15) is 0 Å². The molecule has 234 valence electrons. The Morgan fingerprint density at radius 2 is 1.73 bits per heavy atom. The van der Waals surface area contributed by atoms with Crippen molar-refractivity contribution in [3.63, 3.8) is 0 Å². The predicted octanol–water partition coefficient (Wildman–Crippen LogP) is 2.15. The van der Waals surface area contributed by atoms with Gasteiger partial charge >= 0.3 is 5.97 Å². The summed E-state index contributed by atoms with van der Waals surface area (Å²) < 4.78 is 35.3. The Hall–Kier alpha value is -3.87. The van der Waals surface area contributed by atoms with E-state index in [1.165, 1.54) is 14.2 Å². The van der Waals surface area contributed by atoms with Crippen LogP contribution in [-0.2, 0) is 25.5 Å². The second-order valence-electron chi connectivity index (χ2n) is 11.4. The Bertz CT molecular complexity index is 1500. The van der Waals surface area contributed by atoms with Gasteiger partial charge in [-0.25, -0.2) is 0 Å². The second kappa shape index (κ2) is 11.6. The summed E-state index contributed by atoms with van der Waals surface area (Å²) in [6.07, 6.45) is -2.77. The Morgan fingerprint density at radius 1 is 1.00 bits per heavy atom. The van der Waals surface area contributed by atoms with Gasteiger partial charge in [0.1, 0.15) is 29.1 Å². The largest absolute Gasteiger partial charge is 0.497 e. The van der Waals surface area contributed by atoms with E-state index in [0.717, 1.165) is 0 Å². The van der Waals surface area contributed by atoms with Crippen molar-refractivity contribution >= 4 is 5.97 Å². The van der Waals surface area contributed by atoms with E-state index in [0.29, 0.717) is 35.7 Å². The lowest BCUT2D eigenvalue weighted by Crippen LogP contribution is -2.52. The average molecular weight is 608 g/mol. The van der Waals surface area contributed by atoms with Crippen LogP contribution in [0.25, 0.3) is 0 Å². The highest BCUT2D eigenvalue weighted by atomic mass is 16.7. The second-order valence-corrected chi connectivity index (χ2v) is 11.4. The number of carbonyl (C=O) groups is 1. The monoisotopic (exact) mass is 607 g/mol. The van der Waals surface area contributed by atoms with E-state index in [4.69, 9.17) is 28.4 Å². The summed E-state index contributed by atoms with van der Waals surface area (Å²) in [5.41, 5.74) is -2.55. The minimum Gasteiger partial charge on any atom is -0.497 e. The third-order valence-electron chi connectivity index (χ3n) is 8.99. The van der Waals surface area contributed by atoms with Crippen LogP contribution in [0.5, 0.6) is 23.0 Å². The zero-order chi connectivity index (χ0) is 31.2. The highest BCUT2D eigenvalue weighted by Gasteiger charge is 2.78. The number of benzene rings is 3. The molecule has 3 aliphatic rings. The molecule has 0 aromatic heterocycles. The first kappa shape index (κ1) is 30.2. The zero-order valence-electron chi connectivity index (χ0n) is 25.0. The Morgan fingerprint density at radius 3 is 2.36 bits per heavy atom. The number of carbonyl (C=O) groups excluding carboxylic acids is 1. The number of ether oxygens (including phenoxy) is 6. The fourth-order valence-corrected chi connectivity index (χ4v) is 7.15. The number of esters is 1. The van der Waals surface area contributed by atoms with Crippen LogP contribution in [0.3, 0.4) is 0 Å². The molecule has 0 spiro atoms. The molecule has 0 bridgehead atoms. The quantitative estimate of drug-likeness (QED) is 0.325. The summed E-state index contributed by atoms with van der Waals surface area (Å²) in [4.78, 5) is 15.4. The van der Waals surface area contributed by atoms with E-state index in [-0.39, 0.29) is 23.7 Å². The maximum Gasteiger partial charge on any atom is 0.312 e. The molecule has 0 unspecified atom stereocenters. The SMILES string of the molecule is COC(=O)[C@H]1[C@@H](O)[C@@]2(O)c3c(OC)cc(O[C@@H]4CN(C)C[C@H](CO)O4)cc3O[C@@]2(c2ccc(OC)cc2)[C@@H]1c1ccccc1. The van der Waals surface area contributed by atoms with E-state index < -0.39 is 47.5 Å². The molecular weight excluding hydrogens is 570 g/mol. The van der Waals surface area contributed by atoms with Crippen molar-refractivity contribution in [3.8, 4) is 23.0 Å². The van der Waals surface area contributed by atoms with Crippen LogP contribution in [0.2, 0.25) is 0 Å². The van der Waals surface area contributed by atoms with E-state index in [2.05, 4.69) is 0 Å². The molecule has 1 saturated carbocycles. The molecule has 3 aromatic carbocycles. The molecule has 0 amide bonds. The lowest BCUT2D eigenvalue weighted by Gasteiger charge is -2.40. The summed E-state index contributed by atoms with van der Waals surface area (Å²) in [6, 6.07) is 19.3. The molecule has 1 saturated heterocycles. The molecule has 3 N–H and O–H groups in total. The third kappa shape index (κ3) is 4.50. The molecule has 11 nitrogen and oxygen atoms in total. The number of rotatable bonds is 8. The van der Waals surface area contributed by atoms with Crippen LogP contribution in [-0.4, -0.2) is 92.8 Å². The number of hydrogen-bond acceptors (Lipinski definition) is 11. The van der Waals surface area contributed by atoms with Crippen molar-refractivity contribution in [1.82, 2.24) is 4.90 Å². The first-order chi connectivity index (χ1) is 21.2. The zero-order valence-corrected chi connectivity index (χ0v) is 25.0. The van der Waals surface area contributed by atoms with Crippen molar-refractivity contribution in [2.45, 2.75) is 35.6 Å². The number of aliphatic hydroxyl groups excluding tert-OH is 2. The molecule has 2 aliphatic heterocycles. The van der Waals surface area contributed by atoms with Crippen LogP contribution in [0.1, 0.15) is 22.6 Å². The van der Waals surface area contributed by atoms with Crippen LogP contribution in [0.15, 0.2) is 66.7 Å². The highest BCUT2D eigenvalue weighted by molar-refractivity contribution is 5.78. The number of morpholine rings is 1. The number of nitrogens with zero attached hydrogens (tertiary/aromatic N) is 1. The Labute approximate surface area is 255 Å². The Balaban J connectivity index is 1.55. The van der Waals surface area contributed by atoms with Gasteiger partial charge in [-0.05, 0) is 30.3 Å². The molecule has 3 aromatic rings. The van der Waals surface area contributed by atoms with Gasteiger partial charge in [0, 0.05) is 24.6 Å². The first-order valence-electron chi connectivity index (χ1n) is 14.4. The number of likely N-dealkylation sites (N-methyl/N-ethyl adjacent to an activating group) is 1. The summed E-state index contributed by atoms with van der Waals surface area (Å²) in [5.74, 6) is -1.48. The maximum absolute atomic E-state index is 13.4. The van der Waals surface area contributed by atoms with Gasteiger partial charge in [0.2, 0.25) is 6.29 Å². The summed E-state index contributed by atoms with van der Waals surface area (Å²) >= 11 is 0. The van der Waals surface area contributed by atoms with Crippen LogP contribution < -0.4 is 18.9 Å². The molecule has 1 aliphatic carbocycles. The first-order valence-corrected chi connectivity index (χ1v) is 14.4. The van der Waals surface area contributed by atoms with E-state index >= 15 is 0 Å². The molecule has 0 radical (unpaired) electrons. The summed E-state index contributed by atoms with van der Waals surface area (Å²) in [5, 5.41) is 34.7. The molecule has 11 heteroatoms. The van der Waals surface area contributed by atoms with Crippen molar-refractivity contribution < 1.29 is 48.5 Å². The number of methoxy groups -OCH3 is 3. The summed E-state index contributed by atoms with van der Waals surface area (Å²) in [6.45, 7) is 0.856. The van der Waals surface area contributed by atoms with Crippen molar-refractivity contribution in [2.24, 2.45) is 5.92 Å². The van der Waals surface area contributed by atoms with Crippen LogP contribution >= 0.6 is 0 Å². The lowest BCUT2D eigenvalue weighted by molar-refractivity contribution is -0.175. The molecule has 2 fully saturated rings. The van der Waals surface area contributed by atoms with Gasteiger partial charge in [0.05, 0.1) is 52.1 Å². The fourth-order valence-electron chi connectivity index (χ4n) is 7.15. The molecule has 44 heavy (non-hydrogen) atoms. The van der Waals surface area contributed by atoms with E-state index in [9.17, 15) is 20.1 Å². The van der Waals surface area contributed by atoms with Gasteiger partial charge in [0.15, 0.2) is 11.2 Å². The van der Waals surface area contributed by atoms with Crippen molar-refractivity contribution in [1.29, 1.82) is 0 Å². The van der Waals surface area contributed by atoms with Crippen LogP contribution in [0.4, 0.5) is 0 Å². The summed E-state index contributed by atoms with van der Waals surface area (Å²) in [7, 11) is 6.15. The van der Waals surface area contributed by atoms with Gasteiger partial charge in [-0.1, -0.05) is 42.5 Å². The van der Waals surface area contributed by atoms with Crippen molar-refractivity contribution in [2.75, 3.05) is 48.1 Å². The average Bonchev–Trinajstić information content (AvgIpc) is 3.42. The fraction of sp³-hybridized carbons (Fsp3) is 0.424. The van der Waals surface area contributed by atoms with Crippen LogP contribution in [0, 0.1) is 5.92 Å². The number of fused-ring (bicyclic) bond motifs is 3. The smallest absolute Gasteiger partial charge is 0.312 e. The van der Waals surface area contributed by atoms with E-state index in [1.54, 1.807) is 43.5 Å². The van der Waals surface area contributed by atoms with Gasteiger partial charge < -0.3 is 43.7 Å². The Kier molecular flexibility index (Phi) is 7.93. The number of hydrogen-bond donors (Lipinski definition) is 3. The normalized spacial score (nSPS) is 31.0. The number of aliphatic hydroxyl groups is 3. The molecular formula is C33H37NO10. The molecule has 7 atom stereocenters. The standard InChI is InChI=1S/C33H37NO10/c1-34-16-23(18-35)43-26(17-34)42-22-14-24(40-3)29-25(15-22)44-33(20-10-12-21(39-2)13-11-20)28(19-8-6-5-7-9-19)27(31(37)41-4)30(36)32(29,33)38/h5-15,23,26-28,30,35-36,38H,16-18H2,1-4H3/t23-,26+,27-,28-,30-,32+,33+/m1/s1. The molecule has 2 heterocycles. The highest BCUT2D eigenvalue weighted by Crippen LogP contribution is 2.70. The minimum absolute atomic E-state index is 0.154. The minimum atomic E-state index is -2.18. The topological polar surface area (TPSA) is 136 Å². The predicted molar refractivity (Wildman–Crippen MR) is 157 cm³/mol. The third-order valence-corrected chi connectivity index (χ3v) is 8.99. The maximum atomic E-state index is 13.4.